The van der Waals surface area contributed by atoms with Gasteiger partial charge in [-0.25, -0.2) is 4.98 Å². The third kappa shape index (κ3) is 3.69. The van der Waals surface area contributed by atoms with Crippen molar-refractivity contribution in [2.24, 2.45) is 5.92 Å². The summed E-state index contributed by atoms with van der Waals surface area (Å²) in [6.07, 6.45) is -1.02. The van der Waals surface area contributed by atoms with Gasteiger partial charge in [-0.15, -0.1) is 0 Å². The second-order valence-corrected chi connectivity index (χ2v) is 7.50. The molecule has 0 spiro atoms. The van der Waals surface area contributed by atoms with Crippen LogP contribution in [0.25, 0.3) is 0 Å². The van der Waals surface area contributed by atoms with E-state index in [2.05, 4.69) is 16.0 Å². The SMILES string of the molecule is N#Cc1ccc(CN2CCC3CCN(c4ncccc4C(F)(F)F)CC32)cc1. The molecule has 2 aliphatic heterocycles. The Morgan fingerprint density at radius 3 is 2.57 bits per heavy atom. The highest BCUT2D eigenvalue weighted by atomic mass is 19.4. The van der Waals surface area contributed by atoms with Crippen molar-refractivity contribution in [3.05, 3.63) is 59.3 Å². The average molecular weight is 386 g/mol. The van der Waals surface area contributed by atoms with E-state index in [0.717, 1.165) is 37.6 Å². The van der Waals surface area contributed by atoms with Crippen LogP contribution in [0.3, 0.4) is 0 Å². The molecule has 4 nitrogen and oxygen atoms in total. The van der Waals surface area contributed by atoms with E-state index in [-0.39, 0.29) is 11.9 Å². The van der Waals surface area contributed by atoms with E-state index < -0.39 is 11.7 Å². The van der Waals surface area contributed by atoms with E-state index >= 15 is 0 Å². The van der Waals surface area contributed by atoms with Crippen molar-refractivity contribution in [1.29, 1.82) is 5.26 Å². The molecule has 2 fully saturated rings. The minimum Gasteiger partial charge on any atom is -0.355 e. The zero-order chi connectivity index (χ0) is 19.7. The van der Waals surface area contributed by atoms with Crippen LogP contribution in [0.5, 0.6) is 0 Å². The van der Waals surface area contributed by atoms with Crippen molar-refractivity contribution in [2.45, 2.75) is 31.6 Å². The van der Waals surface area contributed by atoms with Gasteiger partial charge in [-0.1, -0.05) is 12.1 Å². The lowest BCUT2D eigenvalue weighted by Gasteiger charge is -2.39. The normalized spacial score (nSPS) is 22.7. The van der Waals surface area contributed by atoms with Crippen LogP contribution in [0, 0.1) is 17.2 Å². The number of fused-ring (bicyclic) bond motifs is 1. The van der Waals surface area contributed by atoms with Crippen molar-refractivity contribution in [1.82, 2.24) is 9.88 Å². The molecule has 2 aromatic rings. The van der Waals surface area contributed by atoms with Gasteiger partial charge in [-0.2, -0.15) is 18.4 Å². The Labute approximate surface area is 162 Å². The second-order valence-electron chi connectivity index (χ2n) is 7.50. The Bertz CT molecular complexity index is 872. The lowest BCUT2D eigenvalue weighted by molar-refractivity contribution is -0.137. The van der Waals surface area contributed by atoms with Gasteiger partial charge in [0.05, 0.1) is 17.2 Å². The molecule has 0 N–H and O–H groups in total. The number of hydrogen-bond acceptors (Lipinski definition) is 4. The van der Waals surface area contributed by atoms with Crippen LogP contribution < -0.4 is 4.90 Å². The van der Waals surface area contributed by atoms with Gasteiger partial charge in [0.15, 0.2) is 0 Å². The molecule has 1 aromatic carbocycles. The maximum Gasteiger partial charge on any atom is 0.419 e. The van der Waals surface area contributed by atoms with E-state index in [4.69, 9.17) is 5.26 Å². The fourth-order valence-electron chi connectivity index (χ4n) is 4.41. The zero-order valence-corrected chi connectivity index (χ0v) is 15.4. The number of nitrogens with zero attached hydrogens (tertiary/aromatic N) is 4. The zero-order valence-electron chi connectivity index (χ0n) is 15.4. The molecular formula is C21H21F3N4. The highest BCUT2D eigenvalue weighted by Crippen LogP contribution is 2.39. The third-order valence-corrected chi connectivity index (χ3v) is 5.84. The minimum absolute atomic E-state index is 0.0404. The van der Waals surface area contributed by atoms with Gasteiger partial charge in [-0.05, 0) is 55.1 Å². The predicted molar refractivity (Wildman–Crippen MR) is 99.5 cm³/mol. The minimum atomic E-state index is -4.40. The van der Waals surface area contributed by atoms with Gasteiger partial charge in [0, 0.05) is 31.9 Å². The lowest BCUT2D eigenvalue weighted by Crippen LogP contribution is -2.48. The molecule has 1 aromatic heterocycles. The number of halogens is 3. The Morgan fingerprint density at radius 1 is 1.11 bits per heavy atom. The Kier molecular flexibility index (Phi) is 4.98. The summed E-state index contributed by atoms with van der Waals surface area (Å²) in [6.45, 7) is 2.85. The lowest BCUT2D eigenvalue weighted by atomic mass is 9.92. The molecule has 0 bridgehead atoms. The largest absolute Gasteiger partial charge is 0.419 e. The van der Waals surface area contributed by atoms with Crippen LogP contribution in [0.15, 0.2) is 42.6 Å². The van der Waals surface area contributed by atoms with Gasteiger partial charge in [0.1, 0.15) is 5.82 Å². The standard InChI is InChI=1S/C21H21F3N4/c22-21(23,24)18-2-1-9-26-20(18)28-11-8-17-7-10-27(19(17)14-28)13-16-5-3-15(12-25)4-6-16/h1-6,9,17,19H,7-8,10-11,13-14H2. The first-order valence-corrected chi connectivity index (χ1v) is 9.46. The molecular weight excluding hydrogens is 365 g/mol. The molecule has 0 radical (unpaired) electrons. The van der Waals surface area contributed by atoms with Gasteiger partial charge in [-0.3, -0.25) is 4.90 Å². The summed E-state index contributed by atoms with van der Waals surface area (Å²) < 4.78 is 40.2. The molecule has 7 heteroatoms. The van der Waals surface area contributed by atoms with E-state index in [9.17, 15) is 13.2 Å². The molecule has 0 saturated carbocycles. The molecule has 4 rings (SSSR count). The van der Waals surface area contributed by atoms with E-state index in [1.165, 1.54) is 12.3 Å². The number of anilines is 1. The van der Waals surface area contributed by atoms with E-state index in [1.807, 2.05) is 12.1 Å². The Morgan fingerprint density at radius 2 is 1.86 bits per heavy atom. The second kappa shape index (κ2) is 7.44. The summed E-state index contributed by atoms with van der Waals surface area (Å²) in [5, 5.41) is 8.93. The van der Waals surface area contributed by atoms with Crippen molar-refractivity contribution >= 4 is 5.82 Å². The molecule has 2 saturated heterocycles. The maximum absolute atomic E-state index is 13.4. The highest BCUT2D eigenvalue weighted by Gasteiger charge is 2.41. The number of piperidine rings is 1. The number of benzene rings is 1. The predicted octanol–water partition coefficient (Wildman–Crippen LogP) is 4.07. The fraction of sp³-hybridized carbons (Fsp3) is 0.429. The Balaban J connectivity index is 1.52. The number of nitriles is 1. The smallest absolute Gasteiger partial charge is 0.355 e. The Hall–Kier alpha value is -2.59. The van der Waals surface area contributed by atoms with Crippen LogP contribution >= 0.6 is 0 Å². The monoisotopic (exact) mass is 386 g/mol. The summed E-state index contributed by atoms with van der Waals surface area (Å²) in [7, 11) is 0. The van der Waals surface area contributed by atoms with E-state index in [0.29, 0.717) is 24.6 Å². The van der Waals surface area contributed by atoms with Crippen molar-refractivity contribution in [2.75, 3.05) is 24.5 Å². The van der Waals surface area contributed by atoms with Crippen LogP contribution in [0.1, 0.15) is 29.5 Å². The summed E-state index contributed by atoms with van der Waals surface area (Å²) in [5.74, 6) is 0.548. The summed E-state index contributed by atoms with van der Waals surface area (Å²) in [5.41, 5.74) is 1.08. The molecule has 28 heavy (non-hydrogen) atoms. The molecule has 146 valence electrons. The van der Waals surface area contributed by atoms with Gasteiger partial charge in [0.25, 0.3) is 0 Å². The first-order valence-electron chi connectivity index (χ1n) is 9.46. The maximum atomic E-state index is 13.4. The highest BCUT2D eigenvalue weighted by molar-refractivity contribution is 5.49. The van der Waals surface area contributed by atoms with E-state index in [1.54, 1.807) is 17.0 Å². The van der Waals surface area contributed by atoms with Crippen LogP contribution in [0.4, 0.5) is 19.0 Å². The first-order chi connectivity index (χ1) is 13.5. The average Bonchev–Trinajstić information content (AvgIpc) is 3.10. The quantitative estimate of drug-likeness (QED) is 0.798. The molecule has 0 amide bonds. The summed E-state index contributed by atoms with van der Waals surface area (Å²) in [6, 6.07) is 12.3. The molecule has 2 atom stereocenters. The van der Waals surface area contributed by atoms with Gasteiger partial charge in [0.2, 0.25) is 0 Å². The molecule has 2 unspecified atom stereocenters. The molecule has 0 aliphatic carbocycles. The fourth-order valence-corrected chi connectivity index (χ4v) is 4.41. The molecule has 2 aliphatic rings. The summed E-state index contributed by atoms with van der Waals surface area (Å²) >= 11 is 0. The number of likely N-dealkylation sites (tertiary alicyclic amines) is 1. The number of pyridine rings is 1. The van der Waals surface area contributed by atoms with Crippen molar-refractivity contribution < 1.29 is 13.2 Å². The van der Waals surface area contributed by atoms with Crippen LogP contribution in [-0.2, 0) is 12.7 Å². The first kappa shape index (κ1) is 18.8. The number of aromatic nitrogens is 1. The number of alkyl halides is 3. The summed E-state index contributed by atoms with van der Waals surface area (Å²) in [4.78, 5) is 8.22. The van der Waals surface area contributed by atoms with Crippen LogP contribution in [-0.4, -0.2) is 35.6 Å². The number of hydrogen-bond donors (Lipinski definition) is 0. The third-order valence-electron chi connectivity index (χ3n) is 5.84. The number of rotatable bonds is 3. The van der Waals surface area contributed by atoms with Gasteiger partial charge >= 0.3 is 6.18 Å². The van der Waals surface area contributed by atoms with Crippen LogP contribution in [0.2, 0.25) is 0 Å². The van der Waals surface area contributed by atoms with Gasteiger partial charge < -0.3 is 4.90 Å². The topological polar surface area (TPSA) is 43.2 Å². The molecule has 3 heterocycles. The van der Waals surface area contributed by atoms with Crippen molar-refractivity contribution in [3.63, 3.8) is 0 Å². The van der Waals surface area contributed by atoms with Crippen molar-refractivity contribution in [3.8, 4) is 6.07 Å².